The number of halogens is 1. The smallest absolute Gasteiger partial charge is 0.251 e. The third-order valence-electron chi connectivity index (χ3n) is 7.37. The molecule has 4 rings (SSSR count). The Morgan fingerprint density at radius 3 is 2.54 bits per heavy atom. The number of hydrogen-bond donors (Lipinski definition) is 3. The van der Waals surface area contributed by atoms with Crippen molar-refractivity contribution < 1.29 is 18.7 Å². The highest BCUT2D eigenvalue weighted by atomic mass is 19.1. The Morgan fingerprint density at radius 1 is 1.00 bits per heavy atom. The van der Waals surface area contributed by atoms with E-state index in [4.69, 9.17) is 16.9 Å². The zero-order valence-corrected chi connectivity index (χ0v) is 23.6. The predicted octanol–water partition coefficient (Wildman–Crippen LogP) is 5.40. The first-order valence-electron chi connectivity index (χ1n) is 14.2. The van der Waals surface area contributed by atoms with E-state index in [1.807, 2.05) is 25.1 Å². The van der Waals surface area contributed by atoms with Gasteiger partial charge in [-0.3, -0.25) is 9.59 Å². The molecule has 0 radical (unpaired) electrons. The molecule has 1 aliphatic rings. The van der Waals surface area contributed by atoms with E-state index in [9.17, 15) is 14.0 Å². The number of amides is 2. The van der Waals surface area contributed by atoms with Gasteiger partial charge in [0.15, 0.2) is 0 Å². The largest absolute Gasteiger partial charge is 0.493 e. The maximum Gasteiger partial charge on any atom is 0.251 e. The highest BCUT2D eigenvalue weighted by Crippen LogP contribution is 2.45. The lowest BCUT2D eigenvalue weighted by atomic mass is 10.0. The van der Waals surface area contributed by atoms with E-state index in [0.717, 1.165) is 55.3 Å². The number of nitrogens with two attached hydrogens (primary N) is 1. The number of carbonyl (C=O) groups is 2. The quantitative estimate of drug-likeness (QED) is 0.173. The van der Waals surface area contributed by atoms with Crippen LogP contribution < -0.4 is 21.1 Å². The Bertz CT molecular complexity index is 1420. The van der Waals surface area contributed by atoms with Crippen molar-refractivity contribution in [2.45, 2.75) is 57.4 Å². The van der Waals surface area contributed by atoms with Gasteiger partial charge in [-0.25, -0.2) is 4.39 Å². The molecule has 0 atom stereocenters. The molecule has 0 saturated heterocycles. The highest BCUT2D eigenvalue weighted by Gasteiger charge is 2.43. The molecule has 1 fully saturated rings. The van der Waals surface area contributed by atoms with Crippen LogP contribution in [0.3, 0.4) is 0 Å². The lowest BCUT2D eigenvalue weighted by Crippen LogP contribution is -2.29. The maximum atomic E-state index is 14.2. The van der Waals surface area contributed by atoms with Crippen LogP contribution in [0.1, 0.15) is 81.5 Å². The van der Waals surface area contributed by atoms with E-state index in [1.54, 1.807) is 18.2 Å². The molecular weight excluding hydrogens is 517 g/mol. The summed E-state index contributed by atoms with van der Waals surface area (Å²) in [7, 11) is 0. The summed E-state index contributed by atoms with van der Waals surface area (Å²) in [6, 6.07) is 17.9. The number of primary amides is 1. The Kier molecular flexibility index (Phi) is 10.2. The number of benzene rings is 3. The number of rotatable bonds is 15. The average molecular weight is 556 g/mol. The van der Waals surface area contributed by atoms with Crippen LogP contribution in [0.15, 0.2) is 60.7 Å². The average Bonchev–Trinajstić information content (AvgIpc) is 3.75. The topological polar surface area (TPSA) is 93.4 Å². The minimum atomic E-state index is -0.567. The van der Waals surface area contributed by atoms with E-state index >= 15 is 0 Å². The van der Waals surface area contributed by atoms with Gasteiger partial charge in [0.2, 0.25) is 5.91 Å². The van der Waals surface area contributed by atoms with Crippen molar-refractivity contribution in [1.29, 1.82) is 0 Å². The Hall–Kier alpha value is -4.15. The van der Waals surface area contributed by atoms with Crippen LogP contribution in [0.25, 0.3) is 0 Å². The van der Waals surface area contributed by atoms with Crippen molar-refractivity contribution in [3.05, 3.63) is 99.9 Å². The Morgan fingerprint density at radius 2 is 1.78 bits per heavy atom. The fraction of sp³-hybridized carbons (Fsp3) is 0.353. The SMILES string of the molecule is C#Cc1cccc(C2(NCCCCc3cc(F)cc(OCCCCNC(=O)c4cc(C)cc(C(N)=O)c4)c3)CC2)c1. The summed E-state index contributed by atoms with van der Waals surface area (Å²) in [6.45, 7) is 3.58. The molecule has 2 amide bonds. The second kappa shape index (κ2) is 14.0. The third-order valence-corrected chi connectivity index (χ3v) is 7.37. The molecule has 0 heterocycles. The Balaban J connectivity index is 1.14. The standard InChI is InChI=1S/C34H38FN3O3/c1-3-25-10-8-11-29(19-25)34(12-13-34)38-15-5-4-9-26-20-30(35)23-31(21-26)41-16-7-6-14-37-33(40)28-18-24(2)17-27(22-28)32(36)39/h1,8,10-11,17-23,38H,4-7,9,12-16H2,2H3,(H2,36,39)(H,37,40). The number of hydrogen-bond acceptors (Lipinski definition) is 4. The second-order valence-corrected chi connectivity index (χ2v) is 10.7. The van der Waals surface area contributed by atoms with Crippen molar-refractivity contribution in [3.8, 4) is 18.1 Å². The predicted molar refractivity (Wildman–Crippen MR) is 159 cm³/mol. The minimum absolute atomic E-state index is 0.0462. The number of unbranched alkanes of at least 4 members (excludes halogenated alkanes) is 2. The fourth-order valence-corrected chi connectivity index (χ4v) is 5.01. The first kappa shape index (κ1) is 29.8. The zero-order chi connectivity index (χ0) is 29.2. The number of terminal acetylenes is 1. The summed E-state index contributed by atoms with van der Waals surface area (Å²) in [5, 5.41) is 6.56. The number of nitrogens with one attached hydrogen (secondary N) is 2. The van der Waals surface area contributed by atoms with Crippen molar-refractivity contribution in [3.63, 3.8) is 0 Å². The molecule has 1 aliphatic carbocycles. The van der Waals surface area contributed by atoms with Gasteiger partial charge < -0.3 is 21.1 Å². The first-order valence-corrected chi connectivity index (χ1v) is 14.2. The minimum Gasteiger partial charge on any atom is -0.493 e. The molecule has 214 valence electrons. The van der Waals surface area contributed by atoms with Gasteiger partial charge in [-0.2, -0.15) is 0 Å². The molecule has 41 heavy (non-hydrogen) atoms. The van der Waals surface area contributed by atoms with Crippen LogP contribution in [0.5, 0.6) is 5.75 Å². The van der Waals surface area contributed by atoms with Gasteiger partial charge >= 0.3 is 0 Å². The zero-order valence-electron chi connectivity index (χ0n) is 23.6. The summed E-state index contributed by atoms with van der Waals surface area (Å²) in [4.78, 5) is 23.9. The lowest BCUT2D eigenvalue weighted by molar-refractivity contribution is 0.0952. The van der Waals surface area contributed by atoms with Gasteiger partial charge in [-0.05, 0) is 118 Å². The van der Waals surface area contributed by atoms with Crippen LogP contribution in [0, 0.1) is 25.1 Å². The maximum absolute atomic E-state index is 14.2. The summed E-state index contributed by atoms with van der Waals surface area (Å²) in [5.41, 5.74) is 9.97. The van der Waals surface area contributed by atoms with Gasteiger partial charge in [0.1, 0.15) is 11.6 Å². The summed E-state index contributed by atoms with van der Waals surface area (Å²) >= 11 is 0. The van der Waals surface area contributed by atoms with Crippen LogP contribution in [0.2, 0.25) is 0 Å². The molecule has 0 unspecified atom stereocenters. The monoisotopic (exact) mass is 555 g/mol. The van der Waals surface area contributed by atoms with Crippen molar-refractivity contribution in [2.75, 3.05) is 19.7 Å². The van der Waals surface area contributed by atoms with E-state index < -0.39 is 5.91 Å². The van der Waals surface area contributed by atoms with Crippen molar-refractivity contribution in [2.24, 2.45) is 5.73 Å². The summed E-state index contributed by atoms with van der Waals surface area (Å²) < 4.78 is 20.0. The van der Waals surface area contributed by atoms with E-state index in [0.29, 0.717) is 42.9 Å². The molecule has 3 aromatic rings. The van der Waals surface area contributed by atoms with E-state index in [-0.39, 0.29) is 17.3 Å². The summed E-state index contributed by atoms with van der Waals surface area (Å²) in [5.74, 6) is 2.10. The Labute approximate surface area is 241 Å². The second-order valence-electron chi connectivity index (χ2n) is 10.7. The van der Waals surface area contributed by atoms with Crippen molar-refractivity contribution >= 4 is 11.8 Å². The molecule has 0 bridgehead atoms. The van der Waals surface area contributed by atoms with Crippen LogP contribution in [-0.4, -0.2) is 31.5 Å². The molecular formula is C34H38FN3O3. The lowest BCUT2D eigenvalue weighted by Gasteiger charge is -2.18. The van der Waals surface area contributed by atoms with Gasteiger partial charge in [0.25, 0.3) is 5.91 Å². The molecule has 7 heteroatoms. The molecule has 4 N–H and O–H groups in total. The highest BCUT2D eigenvalue weighted by molar-refractivity contribution is 5.99. The van der Waals surface area contributed by atoms with Crippen LogP contribution in [0.4, 0.5) is 4.39 Å². The molecule has 0 spiro atoms. The summed E-state index contributed by atoms with van der Waals surface area (Å²) in [6.07, 6.45) is 11.9. The van der Waals surface area contributed by atoms with Gasteiger partial charge in [-0.1, -0.05) is 18.1 Å². The molecule has 1 saturated carbocycles. The molecule has 6 nitrogen and oxygen atoms in total. The fourth-order valence-electron chi connectivity index (χ4n) is 5.01. The number of ether oxygens (including phenoxy) is 1. The van der Waals surface area contributed by atoms with Crippen LogP contribution >= 0.6 is 0 Å². The van der Waals surface area contributed by atoms with Gasteiger partial charge in [0, 0.05) is 34.8 Å². The van der Waals surface area contributed by atoms with E-state index in [1.165, 1.54) is 17.7 Å². The van der Waals surface area contributed by atoms with Gasteiger partial charge in [0.05, 0.1) is 6.61 Å². The molecule has 3 aromatic carbocycles. The third kappa shape index (κ3) is 8.67. The first-order chi connectivity index (χ1) is 19.8. The van der Waals surface area contributed by atoms with Gasteiger partial charge in [-0.15, -0.1) is 6.42 Å². The van der Waals surface area contributed by atoms with E-state index in [2.05, 4.69) is 28.7 Å². The normalized spacial score (nSPS) is 13.3. The van der Waals surface area contributed by atoms with Crippen molar-refractivity contribution in [1.82, 2.24) is 10.6 Å². The molecule has 0 aliphatic heterocycles. The molecule has 0 aromatic heterocycles. The van der Waals surface area contributed by atoms with Crippen LogP contribution in [-0.2, 0) is 12.0 Å². The number of carbonyl (C=O) groups excluding carboxylic acids is 2. The number of aryl methyl sites for hydroxylation is 2.